The zero-order valence-corrected chi connectivity index (χ0v) is 31.5. The fraction of sp³-hybridized carbons (Fsp3) is 0.750. The van der Waals surface area contributed by atoms with Gasteiger partial charge < -0.3 is 13.6 Å². The monoisotopic (exact) mass is 618 g/mol. The van der Waals surface area contributed by atoms with Gasteiger partial charge in [0.15, 0.2) is 16.6 Å². The van der Waals surface area contributed by atoms with Gasteiger partial charge in [-0.2, -0.15) is 0 Å². The lowest BCUT2D eigenvalue weighted by atomic mass is 10.1. The van der Waals surface area contributed by atoms with E-state index in [0.717, 1.165) is 44.9 Å². The fourth-order valence-electron chi connectivity index (χ4n) is 3.72. The number of allylic oxidation sites excluding steroid dienone is 4. The highest BCUT2D eigenvalue weighted by molar-refractivity contribution is 6.74. The zero-order chi connectivity index (χ0) is 32.3. The minimum Gasteiger partial charge on any atom is -0.466 e. The van der Waals surface area contributed by atoms with Crippen LogP contribution in [0.25, 0.3) is 0 Å². The van der Waals surface area contributed by atoms with Crippen molar-refractivity contribution >= 4 is 22.6 Å². The summed E-state index contributed by atoms with van der Waals surface area (Å²) < 4.78 is 18.4. The predicted molar refractivity (Wildman–Crippen MR) is 188 cm³/mol. The summed E-state index contributed by atoms with van der Waals surface area (Å²) in [5.41, 5.74) is 0. The van der Waals surface area contributed by atoms with Crippen LogP contribution in [0.2, 0.25) is 36.3 Å². The summed E-state index contributed by atoms with van der Waals surface area (Å²) in [6.45, 7) is 27.5. The molecule has 242 valence electrons. The molecule has 6 heteroatoms. The van der Waals surface area contributed by atoms with Gasteiger partial charge in [-0.3, -0.25) is 4.79 Å². The van der Waals surface area contributed by atoms with Crippen LogP contribution in [0.3, 0.4) is 0 Å². The molecule has 0 amide bonds. The lowest BCUT2D eigenvalue weighted by Crippen LogP contribution is -2.43. The molecule has 4 nitrogen and oxygen atoms in total. The number of esters is 1. The van der Waals surface area contributed by atoms with Gasteiger partial charge in [0.1, 0.15) is 6.10 Å². The summed E-state index contributed by atoms with van der Waals surface area (Å²) in [5.74, 6) is 6.59. The van der Waals surface area contributed by atoms with Crippen LogP contribution in [0.5, 0.6) is 0 Å². The van der Waals surface area contributed by atoms with Crippen molar-refractivity contribution in [2.75, 3.05) is 6.61 Å². The van der Waals surface area contributed by atoms with Crippen LogP contribution in [-0.2, 0) is 18.4 Å². The number of hydrogen-bond acceptors (Lipinski definition) is 4. The number of carbonyl (C=O) groups is 1. The SMILES string of the molecule is CCCCC[C@H](C#C/C=C/C=C/[C@H](C/C=C\CCCCCC(=O)OCC)O[Si](C)(C)C(C)(C)C)O[Si](C)(C)C(C)(C)C. The topological polar surface area (TPSA) is 44.8 Å². The average Bonchev–Trinajstić information content (AvgIpc) is 2.85. The van der Waals surface area contributed by atoms with Crippen molar-refractivity contribution in [3.05, 3.63) is 36.5 Å². The number of hydrogen-bond donors (Lipinski definition) is 0. The van der Waals surface area contributed by atoms with Crippen molar-refractivity contribution in [2.24, 2.45) is 0 Å². The molecule has 0 saturated heterocycles. The van der Waals surface area contributed by atoms with Gasteiger partial charge in [-0.15, -0.1) is 0 Å². The van der Waals surface area contributed by atoms with Crippen molar-refractivity contribution < 1.29 is 18.4 Å². The highest BCUT2D eigenvalue weighted by Gasteiger charge is 2.39. The molecular weight excluding hydrogens is 553 g/mol. The molecule has 0 unspecified atom stereocenters. The van der Waals surface area contributed by atoms with Gasteiger partial charge in [0, 0.05) is 6.42 Å². The Hall–Kier alpha value is -1.40. The van der Waals surface area contributed by atoms with Crippen LogP contribution < -0.4 is 0 Å². The highest BCUT2D eigenvalue weighted by atomic mass is 28.4. The largest absolute Gasteiger partial charge is 0.466 e. The zero-order valence-electron chi connectivity index (χ0n) is 29.5. The molecule has 2 atom stereocenters. The average molecular weight is 619 g/mol. The molecule has 0 N–H and O–H groups in total. The number of carbonyl (C=O) groups excluding carboxylic acids is 1. The molecular formula is C36H66O4Si2. The van der Waals surface area contributed by atoms with E-state index >= 15 is 0 Å². The quantitative estimate of drug-likeness (QED) is 0.0361. The normalized spacial score (nSPS) is 14.9. The fourth-order valence-corrected chi connectivity index (χ4v) is 6.24. The van der Waals surface area contributed by atoms with Crippen LogP contribution >= 0.6 is 0 Å². The standard InChI is InChI=1S/C36H66O4Si2/c1-13-15-22-27-32(39-41(9,10)35(3,4)5)29-24-20-21-25-30-33(40-42(11,12)36(6,7)8)28-23-18-16-17-19-26-31-34(37)38-14-2/h18,20-21,23,25,30,32-33H,13-17,19,22,26-28,31H2,1-12H3/b21-20+,23-18-,30-25+/t32-,33+/m1/s1. The Kier molecular flexibility index (Phi) is 19.9. The first kappa shape index (κ1) is 40.6. The lowest BCUT2D eigenvalue weighted by Gasteiger charge is -2.38. The van der Waals surface area contributed by atoms with Crippen LogP contribution in [-0.4, -0.2) is 41.4 Å². The van der Waals surface area contributed by atoms with Crippen molar-refractivity contribution in [2.45, 2.75) is 168 Å². The maximum Gasteiger partial charge on any atom is 0.305 e. The summed E-state index contributed by atoms with van der Waals surface area (Å²) in [7, 11) is -3.78. The molecule has 0 fully saturated rings. The third-order valence-corrected chi connectivity index (χ3v) is 17.5. The Labute approximate surface area is 263 Å². The van der Waals surface area contributed by atoms with E-state index in [4.69, 9.17) is 13.6 Å². The number of unbranched alkanes of at least 4 members (excludes halogenated alkanes) is 5. The van der Waals surface area contributed by atoms with E-state index in [9.17, 15) is 4.79 Å². The van der Waals surface area contributed by atoms with Gasteiger partial charge >= 0.3 is 5.97 Å². The first-order valence-corrected chi connectivity index (χ1v) is 22.3. The molecule has 0 aromatic carbocycles. The van der Waals surface area contributed by atoms with Crippen LogP contribution in [0.1, 0.15) is 120 Å². The summed E-state index contributed by atoms with van der Waals surface area (Å²) in [5, 5.41) is 0.327. The van der Waals surface area contributed by atoms with Gasteiger partial charge in [-0.25, -0.2) is 0 Å². The van der Waals surface area contributed by atoms with E-state index < -0.39 is 16.6 Å². The van der Waals surface area contributed by atoms with Gasteiger partial charge in [-0.05, 0) is 87.8 Å². The molecule has 0 saturated carbocycles. The minimum absolute atomic E-state index is 0.00367. The number of ether oxygens (including phenoxy) is 1. The summed E-state index contributed by atoms with van der Waals surface area (Å²) in [6.07, 6.45) is 22.7. The molecule has 0 aromatic heterocycles. The van der Waals surface area contributed by atoms with Crippen molar-refractivity contribution in [1.29, 1.82) is 0 Å². The van der Waals surface area contributed by atoms with Gasteiger partial charge in [0.25, 0.3) is 0 Å². The first-order valence-electron chi connectivity index (χ1n) is 16.5. The molecule has 0 spiro atoms. The Balaban J connectivity index is 5.25. The molecule has 0 aliphatic rings. The Morgan fingerprint density at radius 2 is 1.45 bits per heavy atom. The lowest BCUT2D eigenvalue weighted by molar-refractivity contribution is -0.143. The second kappa shape index (κ2) is 20.5. The summed E-state index contributed by atoms with van der Waals surface area (Å²) in [4.78, 5) is 11.5. The second-order valence-corrected chi connectivity index (χ2v) is 23.9. The van der Waals surface area contributed by atoms with E-state index in [1.807, 2.05) is 19.1 Å². The predicted octanol–water partition coefficient (Wildman–Crippen LogP) is 10.9. The van der Waals surface area contributed by atoms with Crippen LogP contribution in [0.15, 0.2) is 36.5 Å². The molecule has 42 heavy (non-hydrogen) atoms. The molecule has 0 heterocycles. The molecule has 0 aromatic rings. The summed E-state index contributed by atoms with van der Waals surface area (Å²) >= 11 is 0. The van der Waals surface area contributed by atoms with E-state index in [2.05, 4.69) is 111 Å². The van der Waals surface area contributed by atoms with E-state index in [-0.39, 0.29) is 28.3 Å². The first-order chi connectivity index (χ1) is 19.5. The number of rotatable bonds is 19. The maximum atomic E-state index is 11.5. The van der Waals surface area contributed by atoms with Gasteiger partial charge in [0.2, 0.25) is 0 Å². The van der Waals surface area contributed by atoms with Gasteiger partial charge in [-0.1, -0.05) is 110 Å². The minimum atomic E-state index is -1.91. The molecule has 0 bridgehead atoms. The summed E-state index contributed by atoms with van der Waals surface area (Å²) in [6, 6.07) is 0. The van der Waals surface area contributed by atoms with Crippen LogP contribution in [0, 0.1) is 11.8 Å². The second-order valence-electron chi connectivity index (χ2n) is 14.4. The van der Waals surface area contributed by atoms with E-state index in [0.29, 0.717) is 13.0 Å². The Morgan fingerprint density at radius 3 is 2.05 bits per heavy atom. The van der Waals surface area contributed by atoms with E-state index in [1.54, 1.807) is 0 Å². The van der Waals surface area contributed by atoms with Crippen LogP contribution in [0.4, 0.5) is 0 Å². The Bertz CT molecular complexity index is 892. The van der Waals surface area contributed by atoms with Gasteiger partial charge in [0.05, 0.1) is 12.7 Å². The van der Waals surface area contributed by atoms with Crippen molar-refractivity contribution in [3.63, 3.8) is 0 Å². The molecule has 0 aliphatic heterocycles. The third-order valence-electron chi connectivity index (χ3n) is 8.52. The van der Waals surface area contributed by atoms with Crippen molar-refractivity contribution in [3.8, 4) is 11.8 Å². The maximum absolute atomic E-state index is 11.5. The third kappa shape index (κ3) is 18.3. The van der Waals surface area contributed by atoms with Crippen molar-refractivity contribution in [1.82, 2.24) is 0 Å². The smallest absolute Gasteiger partial charge is 0.305 e. The highest BCUT2D eigenvalue weighted by Crippen LogP contribution is 2.38. The molecule has 0 rings (SSSR count). The van der Waals surface area contributed by atoms with E-state index in [1.165, 1.54) is 12.8 Å². The molecule has 0 aliphatic carbocycles. The Morgan fingerprint density at radius 1 is 0.810 bits per heavy atom. The molecule has 0 radical (unpaired) electrons.